The quantitative estimate of drug-likeness (QED) is 0.280. The number of benzene rings is 1. The molecule has 0 atom stereocenters. The van der Waals surface area contributed by atoms with E-state index in [1.165, 1.54) is 8.87 Å². The minimum Gasteiger partial charge on any atom is -0.493 e. The van der Waals surface area contributed by atoms with Crippen LogP contribution in [0.1, 0.15) is 39.3 Å². The van der Waals surface area contributed by atoms with Gasteiger partial charge < -0.3 is 14.2 Å². The van der Waals surface area contributed by atoms with Crippen LogP contribution in [0.4, 0.5) is 0 Å². The Balaban J connectivity index is 1.69. The van der Waals surface area contributed by atoms with Crippen molar-refractivity contribution in [2.75, 3.05) is 39.3 Å². The smallest absolute Gasteiger partial charge is 0.280 e. The fraction of sp³-hybridized carbons (Fsp3) is 0.500. The molecule has 1 aliphatic rings. The first-order valence-electron chi connectivity index (χ1n) is 14.2. The van der Waals surface area contributed by atoms with Crippen LogP contribution in [0.5, 0.6) is 5.75 Å². The highest BCUT2D eigenvalue weighted by molar-refractivity contribution is 7.89. The second-order valence-electron chi connectivity index (χ2n) is 10.3. The van der Waals surface area contributed by atoms with Crippen molar-refractivity contribution < 1.29 is 13.2 Å². The third-order valence-corrected chi connectivity index (χ3v) is 9.41. The first kappa shape index (κ1) is 29.0. The van der Waals surface area contributed by atoms with Gasteiger partial charge in [0, 0.05) is 52.7 Å². The number of ether oxygens (including phenoxy) is 1. The van der Waals surface area contributed by atoms with Crippen LogP contribution in [0, 0.1) is 0 Å². The van der Waals surface area contributed by atoms with Gasteiger partial charge in [-0.15, -0.1) is 0 Å². The Bertz CT molecular complexity index is 1710. The van der Waals surface area contributed by atoms with Gasteiger partial charge in [-0.3, -0.25) is 9.36 Å². The summed E-state index contributed by atoms with van der Waals surface area (Å²) in [6, 6.07) is 4.83. The van der Waals surface area contributed by atoms with Gasteiger partial charge in [0.05, 0.1) is 22.8 Å². The maximum absolute atomic E-state index is 13.9. The molecule has 220 valence electrons. The van der Waals surface area contributed by atoms with Crippen LogP contribution < -0.4 is 10.3 Å². The van der Waals surface area contributed by atoms with Gasteiger partial charge in [0.1, 0.15) is 17.1 Å². The van der Waals surface area contributed by atoms with E-state index >= 15 is 0 Å². The number of aromatic nitrogens is 6. The van der Waals surface area contributed by atoms with E-state index in [0.717, 1.165) is 19.4 Å². The average molecular weight is 583 g/mol. The molecule has 1 fully saturated rings. The molecule has 12 nitrogen and oxygen atoms in total. The van der Waals surface area contributed by atoms with Crippen LogP contribution in [0.2, 0.25) is 0 Å². The van der Waals surface area contributed by atoms with Crippen LogP contribution >= 0.6 is 0 Å². The van der Waals surface area contributed by atoms with Crippen LogP contribution in [0.25, 0.3) is 28.4 Å². The summed E-state index contributed by atoms with van der Waals surface area (Å²) in [7, 11) is -0.292. The number of sulfonamides is 1. The number of nitrogens with zero attached hydrogens (tertiary/aromatic N) is 8. The molecule has 13 heteroatoms. The maximum Gasteiger partial charge on any atom is 0.280 e. The van der Waals surface area contributed by atoms with E-state index < -0.39 is 10.0 Å². The third kappa shape index (κ3) is 5.29. The SMILES string of the molecule is CCCOc1ccc(S(=O)(=O)N2CCN(CC)CC2)cc1-c1nc2c(CCC)nn(-c3nccn3C)c2c(=O)n1C. The maximum atomic E-state index is 13.9. The molecule has 5 rings (SSSR count). The summed E-state index contributed by atoms with van der Waals surface area (Å²) in [5.74, 6) is 1.29. The third-order valence-electron chi connectivity index (χ3n) is 7.51. The molecule has 0 aliphatic carbocycles. The van der Waals surface area contributed by atoms with Crippen molar-refractivity contribution >= 4 is 21.1 Å². The molecule has 0 saturated carbocycles. The van der Waals surface area contributed by atoms with E-state index in [1.807, 2.05) is 20.9 Å². The number of hydrogen-bond acceptors (Lipinski definition) is 8. The molecule has 41 heavy (non-hydrogen) atoms. The molecule has 1 aliphatic heterocycles. The van der Waals surface area contributed by atoms with Crippen molar-refractivity contribution in [3.8, 4) is 23.1 Å². The van der Waals surface area contributed by atoms with E-state index in [4.69, 9.17) is 14.8 Å². The average Bonchev–Trinajstić information content (AvgIpc) is 3.56. The number of piperazine rings is 1. The second-order valence-corrected chi connectivity index (χ2v) is 12.2. The lowest BCUT2D eigenvalue weighted by molar-refractivity contribution is 0.196. The molecule has 0 unspecified atom stereocenters. The van der Waals surface area contributed by atoms with Crippen molar-refractivity contribution in [2.24, 2.45) is 14.1 Å². The molecule has 1 saturated heterocycles. The number of fused-ring (bicyclic) bond motifs is 1. The van der Waals surface area contributed by atoms with Gasteiger partial charge in [0.25, 0.3) is 5.56 Å². The van der Waals surface area contributed by atoms with Crippen molar-refractivity contribution in [1.82, 2.24) is 38.1 Å². The first-order chi connectivity index (χ1) is 19.7. The van der Waals surface area contributed by atoms with Crippen LogP contribution in [0.15, 0.2) is 40.3 Å². The molecule has 0 amide bonds. The molecule has 1 aromatic carbocycles. The summed E-state index contributed by atoms with van der Waals surface area (Å²) in [4.78, 5) is 25.7. The molecule has 0 spiro atoms. The van der Waals surface area contributed by atoms with Gasteiger partial charge in [0.2, 0.25) is 16.0 Å². The highest BCUT2D eigenvalue weighted by Crippen LogP contribution is 2.33. The van der Waals surface area contributed by atoms with Gasteiger partial charge in [-0.1, -0.05) is 27.2 Å². The monoisotopic (exact) mass is 582 g/mol. The molecular formula is C28H38N8O4S. The zero-order valence-corrected chi connectivity index (χ0v) is 25.2. The first-order valence-corrected chi connectivity index (χ1v) is 15.6. The summed E-state index contributed by atoms with van der Waals surface area (Å²) in [5, 5.41) is 4.74. The van der Waals surface area contributed by atoms with Crippen molar-refractivity contribution in [1.29, 1.82) is 0 Å². The summed E-state index contributed by atoms with van der Waals surface area (Å²) >= 11 is 0. The number of hydrogen-bond donors (Lipinski definition) is 0. The summed E-state index contributed by atoms with van der Waals surface area (Å²) in [5.41, 5.74) is 1.60. The largest absolute Gasteiger partial charge is 0.493 e. The van der Waals surface area contributed by atoms with Crippen LogP contribution in [0.3, 0.4) is 0 Å². The zero-order chi connectivity index (χ0) is 29.3. The summed E-state index contributed by atoms with van der Waals surface area (Å²) in [6.45, 7) is 9.67. The second kappa shape index (κ2) is 11.7. The topological polar surface area (TPSA) is 120 Å². The van der Waals surface area contributed by atoms with Crippen molar-refractivity contribution in [3.05, 3.63) is 46.6 Å². The Kier molecular flexibility index (Phi) is 8.30. The lowest BCUT2D eigenvalue weighted by atomic mass is 10.1. The molecule has 0 radical (unpaired) electrons. The highest BCUT2D eigenvalue weighted by Gasteiger charge is 2.30. The highest BCUT2D eigenvalue weighted by atomic mass is 32.2. The van der Waals surface area contributed by atoms with Gasteiger partial charge in [-0.05, 0) is 37.6 Å². The van der Waals surface area contributed by atoms with E-state index in [1.54, 1.807) is 46.9 Å². The standard InChI is InChI=1S/C28H38N8O4S/c1-6-9-22-24-25(36(31-22)28-29-12-13-32(28)4)27(37)33(5)26(30-24)21-19-20(10-11-23(21)40-18-7-2)41(38,39)35-16-14-34(8-3)15-17-35/h10-13,19H,6-9,14-18H2,1-5H3. The van der Waals surface area contributed by atoms with Gasteiger partial charge in [0.15, 0.2) is 5.52 Å². The number of imidazole rings is 1. The Morgan fingerprint density at radius 3 is 2.41 bits per heavy atom. The number of likely N-dealkylation sites (N-methyl/N-ethyl adjacent to an activating group) is 1. The predicted octanol–water partition coefficient (Wildman–Crippen LogP) is 2.59. The van der Waals surface area contributed by atoms with Crippen LogP contribution in [-0.2, 0) is 30.5 Å². The molecule has 0 N–H and O–H groups in total. The van der Waals surface area contributed by atoms with E-state index in [2.05, 4.69) is 16.8 Å². The predicted molar refractivity (Wildman–Crippen MR) is 157 cm³/mol. The number of aryl methyl sites for hydroxylation is 2. The van der Waals surface area contributed by atoms with Crippen molar-refractivity contribution in [3.63, 3.8) is 0 Å². The van der Waals surface area contributed by atoms with Crippen molar-refractivity contribution in [2.45, 2.75) is 44.9 Å². The zero-order valence-electron chi connectivity index (χ0n) is 24.4. The minimum absolute atomic E-state index is 0.146. The Hall–Kier alpha value is -3.55. The Morgan fingerprint density at radius 1 is 1.02 bits per heavy atom. The lowest BCUT2D eigenvalue weighted by Gasteiger charge is -2.33. The van der Waals surface area contributed by atoms with Crippen LogP contribution in [-0.4, -0.2) is 85.8 Å². The van der Waals surface area contributed by atoms with E-state index in [9.17, 15) is 13.2 Å². The van der Waals surface area contributed by atoms with Gasteiger partial charge >= 0.3 is 0 Å². The summed E-state index contributed by atoms with van der Waals surface area (Å²) < 4.78 is 39.8. The fourth-order valence-electron chi connectivity index (χ4n) is 5.17. The summed E-state index contributed by atoms with van der Waals surface area (Å²) in [6.07, 6.45) is 5.64. The Labute approximate surface area is 240 Å². The lowest BCUT2D eigenvalue weighted by Crippen LogP contribution is -2.48. The molecule has 4 aromatic rings. The number of rotatable bonds is 10. The minimum atomic E-state index is -3.77. The molecule has 4 heterocycles. The van der Waals surface area contributed by atoms with E-state index in [-0.39, 0.29) is 10.5 Å². The van der Waals surface area contributed by atoms with E-state index in [0.29, 0.717) is 79.0 Å². The van der Waals surface area contributed by atoms with Gasteiger partial charge in [-0.25, -0.2) is 18.4 Å². The molecule has 0 bridgehead atoms. The fourth-order valence-corrected chi connectivity index (χ4v) is 6.62. The molecule has 3 aromatic heterocycles. The Morgan fingerprint density at radius 2 is 1.78 bits per heavy atom. The molecular weight excluding hydrogens is 544 g/mol. The van der Waals surface area contributed by atoms with Gasteiger partial charge in [-0.2, -0.15) is 14.1 Å². The normalized spacial score (nSPS) is 15.1.